The number of carbonyl (C=O) groups is 4. The molecule has 4 bridgehead atoms. The van der Waals surface area contributed by atoms with Crippen molar-refractivity contribution < 1.29 is 54.9 Å². The van der Waals surface area contributed by atoms with Crippen LogP contribution < -0.4 is 5.32 Å². The summed E-state index contributed by atoms with van der Waals surface area (Å²) in [6, 6.07) is 0. The zero-order valence-electron chi connectivity index (χ0n) is 26.8. The molecule has 8 N–H and O–H groups in total. The van der Waals surface area contributed by atoms with Gasteiger partial charge in [0.25, 0.3) is 5.91 Å². The lowest BCUT2D eigenvalue weighted by atomic mass is 9.78. The molecule has 1 unspecified atom stereocenters. The normalized spacial score (nSPS) is 35.0. The first-order chi connectivity index (χ1) is 21.3. The molecule has 0 fully saturated rings. The molecule has 46 heavy (non-hydrogen) atoms. The van der Waals surface area contributed by atoms with Gasteiger partial charge in [0.2, 0.25) is 5.78 Å². The minimum Gasteiger partial charge on any atom is -0.507 e. The first-order valence-electron chi connectivity index (χ1n) is 15.0. The Kier molecular flexibility index (Phi) is 11.3. The quantitative estimate of drug-likeness (QED) is 0.204. The Morgan fingerprint density at radius 1 is 0.652 bits per heavy atom. The Bertz CT molecular complexity index is 1550. The summed E-state index contributed by atoms with van der Waals surface area (Å²) in [4.78, 5) is 53.3. The summed E-state index contributed by atoms with van der Waals surface area (Å²) in [7, 11) is 0. The van der Waals surface area contributed by atoms with Gasteiger partial charge in [-0.25, -0.2) is 0 Å². The molecule has 0 saturated carbocycles. The van der Waals surface area contributed by atoms with Gasteiger partial charge in [-0.05, 0) is 32.4 Å². The van der Waals surface area contributed by atoms with Crippen LogP contribution in [0.4, 0.5) is 0 Å². The van der Waals surface area contributed by atoms with E-state index in [2.05, 4.69) is 5.32 Å². The Balaban J connectivity index is 2.20. The molecule has 12 nitrogen and oxygen atoms in total. The third kappa shape index (κ3) is 6.91. The predicted octanol–water partition coefficient (Wildman–Crippen LogP) is 1.78. The van der Waals surface area contributed by atoms with Crippen LogP contribution in [0.3, 0.4) is 0 Å². The molecule has 12 heteroatoms. The van der Waals surface area contributed by atoms with Gasteiger partial charge in [0.05, 0.1) is 52.9 Å². The summed E-state index contributed by atoms with van der Waals surface area (Å²) < 4.78 is 0. The molecule has 1 aromatic carbocycles. The zero-order valence-corrected chi connectivity index (χ0v) is 26.8. The summed E-state index contributed by atoms with van der Waals surface area (Å²) in [5.41, 5.74) is -2.71. The van der Waals surface area contributed by atoms with E-state index in [1.807, 2.05) is 0 Å². The number of aromatic hydroxyl groups is 2. The average Bonchev–Trinajstić information content (AvgIpc) is 3.02. The number of phenolic OH excluding ortho intramolecular Hbond substituents is 2. The lowest BCUT2D eigenvalue weighted by molar-refractivity contribution is -0.116. The van der Waals surface area contributed by atoms with Crippen molar-refractivity contribution in [2.24, 2.45) is 23.7 Å². The molecule has 0 aromatic heterocycles. The maximum absolute atomic E-state index is 13.6. The number of phenols is 2. The van der Waals surface area contributed by atoms with Crippen molar-refractivity contribution in [1.29, 1.82) is 0 Å². The van der Waals surface area contributed by atoms with Gasteiger partial charge in [-0.15, -0.1) is 0 Å². The minimum absolute atomic E-state index is 0.113. The standard InChI is InChI=1S/C34H43NO11/c1-13-9-8-10-14(2)34(46)35-20-12-21(36)23-24(31(43)19(7)32(44)25(23)33(20)45)27(39)15(3)11-22(37)30(42)18(6)29(41)17(5)28(40)16(4)26(13)38/h8-13,16-18,22,26,28-30,37-38,40-44H,1-7H3,(H,35,46)/b9-8+,14-10-,15-11+/t13-,16+,17+,18-,22?,26-,28+,29-,30+/m0/s1. The van der Waals surface area contributed by atoms with Crippen molar-refractivity contribution in [3.63, 3.8) is 0 Å². The van der Waals surface area contributed by atoms with Crippen molar-refractivity contribution in [3.05, 3.63) is 69.5 Å². The van der Waals surface area contributed by atoms with Gasteiger partial charge in [-0.1, -0.05) is 45.9 Å². The van der Waals surface area contributed by atoms with Gasteiger partial charge in [0, 0.05) is 40.9 Å². The van der Waals surface area contributed by atoms with Crippen LogP contribution >= 0.6 is 0 Å². The maximum Gasteiger partial charge on any atom is 0.251 e. The second-order valence-corrected chi connectivity index (χ2v) is 12.5. The van der Waals surface area contributed by atoms with Crippen molar-refractivity contribution >= 4 is 23.3 Å². The summed E-state index contributed by atoms with van der Waals surface area (Å²) in [6.07, 6.45) is -0.821. The Hall–Kier alpha value is -3.94. The van der Waals surface area contributed by atoms with Crippen molar-refractivity contribution in [2.75, 3.05) is 0 Å². The van der Waals surface area contributed by atoms with Crippen LogP contribution in [-0.4, -0.2) is 89.5 Å². The third-order valence-corrected chi connectivity index (χ3v) is 9.17. The lowest BCUT2D eigenvalue weighted by Crippen LogP contribution is -2.46. The monoisotopic (exact) mass is 641 g/mol. The number of hydrogen-bond acceptors (Lipinski definition) is 11. The number of Topliss-reactive ketones (excluding diaryl/α,β-unsaturated/α-hetero) is 2. The van der Waals surface area contributed by atoms with E-state index in [4.69, 9.17) is 0 Å². The summed E-state index contributed by atoms with van der Waals surface area (Å²) >= 11 is 0. The van der Waals surface area contributed by atoms with E-state index in [0.717, 1.165) is 12.2 Å². The topological polar surface area (TPSA) is 222 Å². The Morgan fingerprint density at radius 2 is 1.15 bits per heavy atom. The summed E-state index contributed by atoms with van der Waals surface area (Å²) in [5.74, 6) is -8.43. The molecule has 2 aliphatic heterocycles. The number of allylic oxidation sites excluding steroid dienone is 5. The molecule has 3 aliphatic rings. The van der Waals surface area contributed by atoms with E-state index in [9.17, 15) is 54.9 Å². The number of rotatable bonds is 0. The molecule has 1 aliphatic carbocycles. The van der Waals surface area contributed by atoms with Gasteiger partial charge in [0.15, 0.2) is 11.6 Å². The highest BCUT2D eigenvalue weighted by molar-refractivity contribution is 6.31. The van der Waals surface area contributed by atoms with Crippen LogP contribution in [0.2, 0.25) is 0 Å². The molecule has 2 heterocycles. The predicted molar refractivity (Wildman–Crippen MR) is 167 cm³/mol. The molecule has 4 rings (SSSR count). The number of nitrogens with one attached hydrogen (secondary N) is 1. The second-order valence-electron chi connectivity index (χ2n) is 12.5. The van der Waals surface area contributed by atoms with E-state index in [1.54, 1.807) is 19.9 Å². The van der Waals surface area contributed by atoms with E-state index in [-0.39, 0.29) is 16.7 Å². The first-order valence-corrected chi connectivity index (χ1v) is 15.0. The molecule has 1 aromatic rings. The van der Waals surface area contributed by atoms with Crippen molar-refractivity contribution in [3.8, 4) is 11.5 Å². The minimum atomic E-state index is -1.74. The number of amides is 1. The van der Waals surface area contributed by atoms with Crippen LogP contribution in [0.5, 0.6) is 11.5 Å². The van der Waals surface area contributed by atoms with E-state index < -0.39 is 111 Å². The smallest absolute Gasteiger partial charge is 0.251 e. The van der Waals surface area contributed by atoms with Gasteiger partial charge in [-0.2, -0.15) is 0 Å². The average molecular weight is 642 g/mol. The van der Waals surface area contributed by atoms with Gasteiger partial charge in [0.1, 0.15) is 11.5 Å². The number of aliphatic hydroxyl groups excluding tert-OH is 5. The number of ketones is 3. The molecule has 0 radical (unpaired) electrons. The third-order valence-electron chi connectivity index (χ3n) is 9.17. The number of hydrogen-bond donors (Lipinski definition) is 8. The van der Waals surface area contributed by atoms with E-state index in [0.29, 0.717) is 0 Å². The van der Waals surface area contributed by atoms with E-state index in [1.165, 1.54) is 46.8 Å². The van der Waals surface area contributed by atoms with Gasteiger partial charge < -0.3 is 41.1 Å². The van der Waals surface area contributed by atoms with Crippen molar-refractivity contribution in [1.82, 2.24) is 5.32 Å². The number of aliphatic hydroxyl groups is 5. The maximum atomic E-state index is 13.6. The van der Waals surface area contributed by atoms with Crippen molar-refractivity contribution in [2.45, 2.75) is 79.0 Å². The Morgan fingerprint density at radius 3 is 1.72 bits per heavy atom. The second kappa shape index (κ2) is 14.2. The zero-order chi connectivity index (χ0) is 34.9. The highest BCUT2D eigenvalue weighted by Gasteiger charge is 2.39. The number of benzene rings is 1. The lowest BCUT2D eigenvalue weighted by Gasteiger charge is -2.36. The van der Waals surface area contributed by atoms with Gasteiger partial charge >= 0.3 is 0 Å². The first kappa shape index (κ1) is 36.5. The highest BCUT2D eigenvalue weighted by Crippen LogP contribution is 2.41. The fourth-order valence-corrected chi connectivity index (χ4v) is 5.80. The number of fused-ring (bicyclic) bond motifs is 15. The van der Waals surface area contributed by atoms with Crippen LogP contribution in [0, 0.1) is 30.6 Å². The molecule has 250 valence electrons. The molecular weight excluding hydrogens is 598 g/mol. The van der Waals surface area contributed by atoms with Gasteiger partial charge in [-0.3, -0.25) is 19.2 Å². The van der Waals surface area contributed by atoms with Crippen LogP contribution in [0.25, 0.3) is 0 Å². The fraction of sp³-hybridized carbons (Fsp3) is 0.471. The summed E-state index contributed by atoms with van der Waals surface area (Å²) in [5, 5.41) is 78.6. The highest BCUT2D eigenvalue weighted by atomic mass is 16.3. The molecule has 1 amide bonds. The van der Waals surface area contributed by atoms with Crippen LogP contribution in [0.1, 0.15) is 78.2 Å². The number of carbonyl (C=O) groups excluding carboxylic acids is 4. The SMILES string of the molecule is C/C1=C/C=C/[C@H](C)[C@H](O)[C@@H](C)[C@@H](O)[C@@H](C)[C@H](O)[C@H](C)[C@@H](O)C(O)/C=C(\C)C(=O)c2c(O)c(C)c(O)c3c2C(=O)C=C(NC1=O)C3=O. The Labute approximate surface area is 267 Å². The van der Waals surface area contributed by atoms with E-state index >= 15 is 0 Å². The molecule has 0 spiro atoms. The van der Waals surface area contributed by atoms with Crippen LogP contribution in [0.15, 0.2) is 47.2 Å². The largest absolute Gasteiger partial charge is 0.507 e. The molecular formula is C34H43NO11. The fourth-order valence-electron chi connectivity index (χ4n) is 5.80. The molecule has 0 saturated heterocycles. The van der Waals surface area contributed by atoms with Crippen LogP contribution in [-0.2, 0) is 4.79 Å². The molecule has 9 atom stereocenters. The summed E-state index contributed by atoms with van der Waals surface area (Å²) in [6.45, 7) is 10.1.